The summed E-state index contributed by atoms with van der Waals surface area (Å²) >= 11 is 0. The maximum absolute atomic E-state index is 12.3. The van der Waals surface area contributed by atoms with Gasteiger partial charge in [0.15, 0.2) is 0 Å². The molecule has 134 valence electrons. The average Bonchev–Trinajstić information content (AvgIpc) is 2.36. The number of rotatable bonds is 5. The van der Waals surface area contributed by atoms with Crippen molar-refractivity contribution in [3.63, 3.8) is 0 Å². The number of carbonyl (C=O) groups excluding carboxylic acids is 1. The number of hydrogen-bond donors (Lipinski definition) is 0. The zero-order valence-corrected chi connectivity index (χ0v) is 14.4. The Morgan fingerprint density at radius 1 is 1.13 bits per heavy atom. The van der Waals surface area contributed by atoms with Crippen LogP contribution >= 0.6 is 0 Å². The molecule has 2 saturated heterocycles. The van der Waals surface area contributed by atoms with Crippen molar-refractivity contribution in [2.45, 2.75) is 39.2 Å². The first-order chi connectivity index (χ1) is 10.7. The smallest absolute Gasteiger partial charge is 0.410 e. The highest BCUT2D eigenvalue weighted by molar-refractivity contribution is 5.69. The predicted octanol–water partition coefficient (Wildman–Crippen LogP) is 2.13. The third-order valence-electron chi connectivity index (χ3n) is 4.32. The second-order valence-electron chi connectivity index (χ2n) is 7.57. The van der Waals surface area contributed by atoms with Gasteiger partial charge in [-0.1, -0.05) is 0 Å². The van der Waals surface area contributed by atoms with Gasteiger partial charge in [0.1, 0.15) is 5.60 Å². The van der Waals surface area contributed by atoms with Crippen LogP contribution < -0.4 is 0 Å². The van der Waals surface area contributed by atoms with Crippen molar-refractivity contribution < 1.29 is 18.3 Å². The molecule has 5 nitrogen and oxygen atoms in total. The number of hydrogen-bond acceptors (Lipinski definition) is 4. The molecule has 1 amide bonds. The molecule has 0 N–H and O–H groups in total. The molecule has 2 aliphatic heterocycles. The van der Waals surface area contributed by atoms with Gasteiger partial charge in [-0.25, -0.2) is 13.6 Å². The Balaban J connectivity index is 1.56. The minimum atomic E-state index is -2.24. The molecule has 0 unspecified atom stereocenters. The molecule has 0 spiro atoms. The lowest BCUT2D eigenvalue weighted by Gasteiger charge is -2.41. The number of amides is 1. The van der Waals surface area contributed by atoms with Crippen LogP contribution in [-0.2, 0) is 4.74 Å². The zero-order chi connectivity index (χ0) is 17.0. The van der Waals surface area contributed by atoms with Gasteiger partial charge in [-0.05, 0) is 39.7 Å². The van der Waals surface area contributed by atoms with E-state index in [-0.39, 0.29) is 12.6 Å². The van der Waals surface area contributed by atoms with E-state index in [1.54, 1.807) is 4.90 Å². The van der Waals surface area contributed by atoms with E-state index in [2.05, 4.69) is 4.90 Å². The van der Waals surface area contributed by atoms with Crippen molar-refractivity contribution in [3.05, 3.63) is 0 Å². The van der Waals surface area contributed by atoms with Gasteiger partial charge in [0.2, 0.25) is 0 Å². The predicted molar refractivity (Wildman–Crippen MR) is 84.8 cm³/mol. The van der Waals surface area contributed by atoms with Gasteiger partial charge < -0.3 is 14.5 Å². The van der Waals surface area contributed by atoms with Gasteiger partial charge in [-0.3, -0.25) is 4.90 Å². The molecule has 23 heavy (non-hydrogen) atoms. The highest BCUT2D eigenvalue weighted by Crippen LogP contribution is 2.22. The second-order valence-corrected chi connectivity index (χ2v) is 7.57. The van der Waals surface area contributed by atoms with Crippen LogP contribution in [0.1, 0.15) is 27.2 Å². The van der Waals surface area contributed by atoms with E-state index in [9.17, 15) is 13.6 Å². The molecule has 2 aliphatic rings. The standard InChI is InChI=1S/C16H29F2N3O2/c1-16(2,3)23-15(22)21-10-13(11-21)4-5-19-6-8-20(9-7-19)12-14(17)18/h13-14H,4-12H2,1-3H3. The summed E-state index contributed by atoms with van der Waals surface area (Å²) in [6.07, 6.45) is -1.42. The average molecular weight is 333 g/mol. The van der Waals surface area contributed by atoms with Gasteiger partial charge in [0.25, 0.3) is 6.43 Å². The lowest BCUT2D eigenvalue weighted by Crippen LogP contribution is -2.53. The summed E-state index contributed by atoms with van der Waals surface area (Å²) < 4.78 is 30.0. The van der Waals surface area contributed by atoms with E-state index in [1.165, 1.54) is 0 Å². The number of nitrogens with zero attached hydrogens (tertiary/aromatic N) is 3. The molecule has 7 heteroatoms. The molecule has 2 heterocycles. The van der Waals surface area contributed by atoms with Gasteiger partial charge in [-0.15, -0.1) is 0 Å². The Hall–Kier alpha value is -0.950. The minimum Gasteiger partial charge on any atom is -0.444 e. The Bertz CT molecular complexity index is 387. The molecule has 0 saturated carbocycles. The Labute approximate surface area is 137 Å². The summed E-state index contributed by atoms with van der Waals surface area (Å²) in [5, 5.41) is 0. The third-order valence-corrected chi connectivity index (χ3v) is 4.32. The van der Waals surface area contributed by atoms with E-state index >= 15 is 0 Å². The molecule has 2 fully saturated rings. The zero-order valence-electron chi connectivity index (χ0n) is 14.4. The van der Waals surface area contributed by atoms with Crippen LogP contribution in [0, 0.1) is 5.92 Å². The van der Waals surface area contributed by atoms with Gasteiger partial charge >= 0.3 is 6.09 Å². The number of likely N-dealkylation sites (tertiary alicyclic amines) is 1. The maximum Gasteiger partial charge on any atom is 0.410 e. The maximum atomic E-state index is 12.3. The van der Waals surface area contributed by atoms with Crippen molar-refractivity contribution in [1.29, 1.82) is 0 Å². The lowest BCUT2D eigenvalue weighted by atomic mass is 9.96. The molecule has 0 bridgehead atoms. The lowest BCUT2D eigenvalue weighted by molar-refractivity contribution is -0.00467. The van der Waals surface area contributed by atoms with E-state index in [0.717, 1.165) is 52.2 Å². The highest BCUT2D eigenvalue weighted by atomic mass is 19.3. The van der Waals surface area contributed by atoms with Gasteiger partial charge in [0, 0.05) is 39.3 Å². The van der Waals surface area contributed by atoms with Crippen molar-refractivity contribution in [2.24, 2.45) is 5.92 Å². The van der Waals surface area contributed by atoms with Crippen LogP contribution in [0.3, 0.4) is 0 Å². The molecule has 0 aromatic rings. The summed E-state index contributed by atoms with van der Waals surface area (Å²) in [7, 11) is 0. The number of piperazine rings is 1. The number of ether oxygens (including phenoxy) is 1. The first-order valence-electron chi connectivity index (χ1n) is 8.44. The quantitative estimate of drug-likeness (QED) is 0.772. The van der Waals surface area contributed by atoms with Gasteiger partial charge in [0.05, 0.1) is 6.54 Å². The summed E-state index contributed by atoms with van der Waals surface area (Å²) in [6.45, 7) is 11.2. The fourth-order valence-electron chi connectivity index (χ4n) is 2.98. The molecular formula is C16H29F2N3O2. The first kappa shape index (κ1) is 18.4. The molecule has 0 aromatic heterocycles. The van der Waals surface area contributed by atoms with Crippen LogP contribution in [0.4, 0.5) is 13.6 Å². The number of alkyl halides is 2. The fraction of sp³-hybridized carbons (Fsp3) is 0.938. The normalized spacial score (nSPS) is 21.6. The van der Waals surface area contributed by atoms with Crippen LogP contribution in [0.25, 0.3) is 0 Å². The first-order valence-corrected chi connectivity index (χ1v) is 8.44. The Morgan fingerprint density at radius 2 is 1.70 bits per heavy atom. The van der Waals surface area contributed by atoms with Crippen LogP contribution in [0.2, 0.25) is 0 Å². The highest BCUT2D eigenvalue weighted by Gasteiger charge is 2.33. The van der Waals surface area contributed by atoms with Crippen molar-refractivity contribution in [2.75, 3.05) is 52.4 Å². The topological polar surface area (TPSA) is 36.0 Å². The van der Waals surface area contributed by atoms with Gasteiger partial charge in [-0.2, -0.15) is 0 Å². The molecule has 0 radical (unpaired) electrons. The van der Waals surface area contributed by atoms with Crippen molar-refractivity contribution >= 4 is 6.09 Å². The van der Waals surface area contributed by atoms with E-state index in [1.807, 2.05) is 25.7 Å². The number of halogens is 2. The molecule has 0 aliphatic carbocycles. The molecule has 2 rings (SSSR count). The van der Waals surface area contributed by atoms with E-state index in [4.69, 9.17) is 4.74 Å². The molecule has 0 aromatic carbocycles. The third kappa shape index (κ3) is 6.22. The SMILES string of the molecule is CC(C)(C)OC(=O)N1CC(CCN2CCN(CC(F)F)CC2)C1. The summed E-state index contributed by atoms with van der Waals surface area (Å²) in [5.74, 6) is 0.529. The Morgan fingerprint density at radius 3 is 2.22 bits per heavy atom. The number of carbonyl (C=O) groups is 1. The Kier molecular flexibility index (Phi) is 6.19. The largest absolute Gasteiger partial charge is 0.444 e. The molecule has 0 atom stereocenters. The monoisotopic (exact) mass is 333 g/mol. The van der Waals surface area contributed by atoms with Crippen molar-refractivity contribution in [3.8, 4) is 0 Å². The molecular weight excluding hydrogens is 304 g/mol. The minimum absolute atomic E-state index is 0.110. The summed E-state index contributed by atoms with van der Waals surface area (Å²) in [5.41, 5.74) is -0.444. The second kappa shape index (κ2) is 7.75. The summed E-state index contributed by atoms with van der Waals surface area (Å²) in [4.78, 5) is 17.7. The summed E-state index contributed by atoms with van der Waals surface area (Å²) in [6, 6.07) is 0. The van der Waals surface area contributed by atoms with E-state index in [0.29, 0.717) is 5.92 Å². The van der Waals surface area contributed by atoms with E-state index < -0.39 is 12.0 Å². The fourth-order valence-corrected chi connectivity index (χ4v) is 2.98. The van der Waals surface area contributed by atoms with Crippen LogP contribution in [0.5, 0.6) is 0 Å². The van der Waals surface area contributed by atoms with Crippen LogP contribution in [0.15, 0.2) is 0 Å². The van der Waals surface area contributed by atoms with Crippen molar-refractivity contribution in [1.82, 2.24) is 14.7 Å². The van der Waals surface area contributed by atoms with Crippen LogP contribution in [-0.4, -0.2) is 85.2 Å².